The molecule has 0 radical (unpaired) electrons. The number of piperazine rings is 1. The fourth-order valence-corrected chi connectivity index (χ4v) is 9.85. The Morgan fingerprint density at radius 2 is 1.67 bits per heavy atom. The minimum absolute atomic E-state index is 0.00339. The van der Waals surface area contributed by atoms with Crippen molar-refractivity contribution in [3.63, 3.8) is 0 Å². The lowest BCUT2D eigenvalue weighted by atomic mass is 9.95. The van der Waals surface area contributed by atoms with E-state index in [-0.39, 0.29) is 38.8 Å². The maximum atomic E-state index is 14.3. The number of methoxy groups -OCH3 is 1. The number of carbonyl (C=O) groups excluding carboxylic acids is 2. The Hall–Kier alpha value is -4.25. The van der Waals surface area contributed by atoms with E-state index in [0.717, 1.165) is 15.4 Å². The van der Waals surface area contributed by atoms with Crippen molar-refractivity contribution < 1.29 is 31.2 Å². The van der Waals surface area contributed by atoms with E-state index >= 15 is 0 Å². The number of piperidine rings is 1. The average Bonchev–Trinajstić information content (AvgIpc) is 3.47. The van der Waals surface area contributed by atoms with Gasteiger partial charge in [-0.25, -0.2) is 30.3 Å². The number of benzene rings is 2. The van der Waals surface area contributed by atoms with E-state index in [1.807, 2.05) is 4.90 Å². The largest absolute Gasteiger partial charge is 0.467 e. The third-order valence-electron chi connectivity index (χ3n) is 8.77. The highest BCUT2D eigenvalue weighted by Gasteiger charge is 2.45. The quantitative estimate of drug-likeness (QED) is 0.247. The van der Waals surface area contributed by atoms with E-state index in [4.69, 9.17) is 16.3 Å². The Morgan fingerprint density at radius 3 is 2.33 bits per heavy atom. The summed E-state index contributed by atoms with van der Waals surface area (Å²) in [7, 11) is -6.39. The number of anilines is 1. The molecule has 2 aromatic carbocycles. The third-order valence-corrected chi connectivity index (χ3v) is 12.7. The number of carbonyl (C=O) groups is 2. The van der Waals surface area contributed by atoms with Crippen LogP contribution in [0.3, 0.4) is 0 Å². The molecule has 4 aromatic rings. The summed E-state index contributed by atoms with van der Waals surface area (Å²) in [6.45, 7) is 0.360. The molecule has 0 saturated carbocycles. The summed E-state index contributed by atoms with van der Waals surface area (Å²) in [6, 6.07) is 14.8. The van der Waals surface area contributed by atoms with Crippen molar-refractivity contribution in [2.75, 3.05) is 44.7 Å². The Labute approximate surface area is 282 Å². The molecule has 2 aliphatic heterocycles. The lowest BCUT2D eigenvalue weighted by Crippen LogP contribution is -2.61. The molecule has 0 bridgehead atoms. The minimum Gasteiger partial charge on any atom is -0.467 e. The zero-order valence-corrected chi connectivity index (χ0v) is 28.5. The Balaban J connectivity index is 1.28. The molecule has 2 saturated heterocycles. The fraction of sp³-hybridized carbons (Fsp3) is 0.355. The van der Waals surface area contributed by atoms with E-state index in [0.29, 0.717) is 31.7 Å². The highest BCUT2D eigenvalue weighted by molar-refractivity contribution is 7.92. The molecule has 0 aliphatic carbocycles. The molecule has 6 rings (SSSR count). The SMILES string of the molecule is COC(=O)[C@H]1CN(S(=O)(=O)c2cc3cc(Cl)ccc3n2S(=O)(=O)c2ccccc2)CC(=O)N1CC1CCN(c2ccc(=O)n(C)n2)CC1. The summed E-state index contributed by atoms with van der Waals surface area (Å²) >= 11 is 6.17. The van der Waals surface area contributed by atoms with Crippen molar-refractivity contribution in [1.29, 1.82) is 0 Å². The first-order valence-corrected chi connectivity index (χ1v) is 18.4. The molecule has 17 heteroatoms. The molecule has 1 amide bonds. The van der Waals surface area contributed by atoms with Crippen LogP contribution in [0.2, 0.25) is 5.02 Å². The number of hydrogen-bond donors (Lipinski definition) is 0. The van der Waals surface area contributed by atoms with Gasteiger partial charge < -0.3 is 14.5 Å². The lowest BCUT2D eigenvalue weighted by Gasteiger charge is -2.42. The van der Waals surface area contributed by atoms with E-state index in [2.05, 4.69) is 5.10 Å². The van der Waals surface area contributed by atoms with Crippen LogP contribution in [-0.2, 0) is 41.4 Å². The van der Waals surface area contributed by atoms with Gasteiger partial charge in [0, 0.05) is 49.7 Å². The number of amides is 1. The maximum absolute atomic E-state index is 14.3. The van der Waals surface area contributed by atoms with E-state index in [1.165, 1.54) is 64.2 Å². The second-order valence-electron chi connectivity index (χ2n) is 11.7. The second kappa shape index (κ2) is 13.0. The Kier molecular flexibility index (Phi) is 9.10. The molecule has 254 valence electrons. The van der Waals surface area contributed by atoms with E-state index in [1.54, 1.807) is 19.2 Å². The number of fused-ring (bicyclic) bond motifs is 1. The van der Waals surface area contributed by atoms with Gasteiger partial charge in [0.1, 0.15) is 11.9 Å². The van der Waals surface area contributed by atoms with Crippen LogP contribution in [-0.4, -0.2) is 97.5 Å². The molecular formula is C31H33ClN6O8S2. The van der Waals surface area contributed by atoms with E-state index in [9.17, 15) is 31.2 Å². The summed E-state index contributed by atoms with van der Waals surface area (Å²) < 4.78 is 64.3. The Morgan fingerprint density at radius 1 is 0.958 bits per heavy atom. The standard InChI is InChI=1S/C31H33ClN6O8S2/c1-34-28(39)11-10-27(33-34)35-14-12-21(13-15-35)18-37-26(31(41)46-2)19-36(20-29(37)40)48(44,45)30-17-22-16-23(32)8-9-25(22)38(30)47(42,43)24-6-4-3-5-7-24/h3-11,16-17,21,26H,12-15,18-20H2,1-2H3/t26-/m1/s1. The molecule has 14 nitrogen and oxygen atoms in total. The summed E-state index contributed by atoms with van der Waals surface area (Å²) in [5.41, 5.74) is -0.138. The van der Waals surface area contributed by atoms with Crippen LogP contribution < -0.4 is 10.5 Å². The molecule has 0 N–H and O–H groups in total. The molecule has 0 unspecified atom stereocenters. The van der Waals surface area contributed by atoms with Gasteiger partial charge in [0.2, 0.25) is 5.91 Å². The van der Waals surface area contributed by atoms with Gasteiger partial charge in [-0.1, -0.05) is 29.8 Å². The number of aryl methyl sites for hydroxylation is 1. The number of rotatable bonds is 8. The van der Waals surface area contributed by atoms with Crippen LogP contribution >= 0.6 is 11.6 Å². The van der Waals surface area contributed by atoms with Crippen LogP contribution in [0.5, 0.6) is 0 Å². The monoisotopic (exact) mass is 716 g/mol. The molecule has 2 aromatic heterocycles. The predicted molar refractivity (Wildman–Crippen MR) is 177 cm³/mol. The number of esters is 1. The fourth-order valence-electron chi connectivity index (χ4n) is 6.20. The van der Waals surface area contributed by atoms with Crippen LogP contribution in [0, 0.1) is 5.92 Å². The molecule has 48 heavy (non-hydrogen) atoms. The first-order chi connectivity index (χ1) is 22.8. The molecular weight excluding hydrogens is 684 g/mol. The number of ether oxygens (including phenoxy) is 1. The zero-order chi connectivity index (χ0) is 34.4. The lowest BCUT2D eigenvalue weighted by molar-refractivity contribution is -0.157. The first kappa shape index (κ1) is 33.6. The summed E-state index contributed by atoms with van der Waals surface area (Å²) in [6.07, 6.45) is 1.31. The van der Waals surface area contributed by atoms with Gasteiger partial charge in [-0.05, 0) is 61.2 Å². The van der Waals surface area contributed by atoms with Crippen molar-refractivity contribution in [3.05, 3.63) is 82.1 Å². The summed E-state index contributed by atoms with van der Waals surface area (Å²) in [4.78, 5) is 41.7. The number of nitrogens with zero attached hydrogens (tertiary/aromatic N) is 6. The highest BCUT2D eigenvalue weighted by atomic mass is 35.5. The van der Waals surface area contributed by atoms with Gasteiger partial charge in [0.15, 0.2) is 5.03 Å². The third kappa shape index (κ3) is 6.20. The summed E-state index contributed by atoms with van der Waals surface area (Å²) in [5, 5.41) is 4.24. The van der Waals surface area contributed by atoms with Gasteiger partial charge in [0.25, 0.3) is 25.6 Å². The summed E-state index contributed by atoms with van der Waals surface area (Å²) in [5.74, 6) is -0.749. The zero-order valence-electron chi connectivity index (χ0n) is 26.1. The van der Waals surface area contributed by atoms with Crippen LogP contribution in [0.1, 0.15) is 12.8 Å². The van der Waals surface area contributed by atoms with Gasteiger partial charge in [-0.15, -0.1) is 0 Å². The van der Waals surface area contributed by atoms with Crippen molar-refractivity contribution >= 4 is 60.2 Å². The molecule has 2 aliphatic rings. The number of aromatic nitrogens is 3. The van der Waals surface area contributed by atoms with Crippen molar-refractivity contribution in [2.24, 2.45) is 13.0 Å². The Bertz CT molecular complexity index is 2160. The van der Waals surface area contributed by atoms with Crippen LogP contribution in [0.25, 0.3) is 10.9 Å². The van der Waals surface area contributed by atoms with Crippen LogP contribution in [0.15, 0.2) is 81.4 Å². The van der Waals surface area contributed by atoms with Gasteiger partial charge >= 0.3 is 5.97 Å². The normalized spacial score (nSPS) is 18.4. The molecule has 1 atom stereocenters. The predicted octanol–water partition coefficient (Wildman–Crippen LogP) is 1.92. The molecule has 2 fully saturated rings. The van der Waals surface area contributed by atoms with Gasteiger partial charge in [-0.2, -0.15) is 9.40 Å². The number of halogens is 1. The van der Waals surface area contributed by atoms with E-state index < -0.39 is 56.1 Å². The van der Waals surface area contributed by atoms with Crippen molar-refractivity contribution in [2.45, 2.75) is 28.8 Å². The van der Waals surface area contributed by atoms with Gasteiger partial charge in [-0.3, -0.25) is 9.59 Å². The average molecular weight is 717 g/mol. The molecule has 0 spiro atoms. The van der Waals surface area contributed by atoms with Crippen molar-refractivity contribution in [1.82, 2.24) is 23.0 Å². The highest BCUT2D eigenvalue weighted by Crippen LogP contribution is 2.33. The topological polar surface area (TPSA) is 161 Å². The number of sulfonamides is 1. The number of hydrogen-bond acceptors (Lipinski definition) is 10. The minimum atomic E-state index is -4.69. The van der Waals surface area contributed by atoms with Crippen LogP contribution in [0.4, 0.5) is 5.82 Å². The first-order valence-electron chi connectivity index (χ1n) is 15.1. The van der Waals surface area contributed by atoms with Crippen molar-refractivity contribution in [3.8, 4) is 0 Å². The smallest absolute Gasteiger partial charge is 0.329 e. The maximum Gasteiger partial charge on any atom is 0.329 e. The second-order valence-corrected chi connectivity index (χ2v) is 15.8. The molecule has 4 heterocycles. The van der Waals surface area contributed by atoms with Gasteiger partial charge in [0.05, 0.1) is 24.1 Å².